The molecule has 0 aliphatic carbocycles. The molecular formula is C26H26N6O4S. The molecule has 0 spiro atoms. The number of nitrogens with one attached hydrogen (secondary N) is 3. The van der Waals surface area contributed by atoms with Crippen LogP contribution in [0.25, 0.3) is 0 Å². The molecule has 190 valence electrons. The third-order valence-corrected chi connectivity index (χ3v) is 6.96. The number of aromatic nitrogens is 2. The fourth-order valence-electron chi connectivity index (χ4n) is 4.23. The average Bonchev–Trinajstić information content (AvgIpc) is 3.64. The van der Waals surface area contributed by atoms with E-state index in [1.165, 1.54) is 6.39 Å². The summed E-state index contributed by atoms with van der Waals surface area (Å²) in [5.41, 5.74) is 5.05. The summed E-state index contributed by atoms with van der Waals surface area (Å²) in [4.78, 5) is 19.0. The number of anilines is 3. The van der Waals surface area contributed by atoms with Gasteiger partial charge in [-0.3, -0.25) is 10.2 Å². The van der Waals surface area contributed by atoms with E-state index in [-0.39, 0.29) is 23.2 Å². The molecule has 5 rings (SSSR count). The van der Waals surface area contributed by atoms with Crippen LogP contribution in [0.1, 0.15) is 45.8 Å². The van der Waals surface area contributed by atoms with Crippen molar-refractivity contribution in [3.8, 4) is 5.88 Å². The number of hydrogen-bond donors (Lipinski definition) is 5. The third-order valence-electron chi connectivity index (χ3n) is 6.21. The van der Waals surface area contributed by atoms with Crippen LogP contribution in [-0.4, -0.2) is 44.4 Å². The molecule has 37 heavy (non-hydrogen) atoms. The minimum atomic E-state index is -0.546. The van der Waals surface area contributed by atoms with Crippen molar-refractivity contribution in [2.75, 3.05) is 23.3 Å². The van der Waals surface area contributed by atoms with Crippen molar-refractivity contribution in [1.29, 1.82) is 5.41 Å². The Bertz CT molecular complexity index is 1420. The van der Waals surface area contributed by atoms with Crippen molar-refractivity contribution in [1.82, 2.24) is 14.7 Å². The zero-order valence-corrected chi connectivity index (χ0v) is 20.9. The van der Waals surface area contributed by atoms with Crippen molar-refractivity contribution in [2.45, 2.75) is 25.9 Å². The van der Waals surface area contributed by atoms with Gasteiger partial charge in [-0.15, -0.1) is 0 Å². The smallest absolute Gasteiger partial charge is 0.258 e. The number of aromatic hydroxyl groups is 1. The van der Waals surface area contributed by atoms with Gasteiger partial charge in [0.15, 0.2) is 6.39 Å². The van der Waals surface area contributed by atoms with Crippen LogP contribution in [0.2, 0.25) is 0 Å². The summed E-state index contributed by atoms with van der Waals surface area (Å²) in [6.45, 7) is 2.76. The molecule has 11 heteroatoms. The van der Waals surface area contributed by atoms with E-state index in [2.05, 4.69) is 20.0 Å². The molecule has 1 unspecified atom stereocenters. The molecule has 1 amide bonds. The Labute approximate surface area is 217 Å². The molecule has 1 aliphatic rings. The minimum absolute atomic E-state index is 0.0375. The second-order valence-corrected chi connectivity index (χ2v) is 9.49. The van der Waals surface area contributed by atoms with Gasteiger partial charge in [0.05, 0.1) is 11.8 Å². The number of amides is 1. The Kier molecular flexibility index (Phi) is 6.89. The van der Waals surface area contributed by atoms with E-state index in [0.29, 0.717) is 35.8 Å². The number of fused-ring (bicyclic) bond motifs is 1. The molecule has 2 aromatic heterocycles. The van der Waals surface area contributed by atoms with Gasteiger partial charge in [-0.25, -0.2) is 4.98 Å². The number of carbonyl (C=O) groups excluding carboxylic acids is 1. The summed E-state index contributed by atoms with van der Waals surface area (Å²) >= 11 is 1.04. The monoisotopic (exact) mass is 518 g/mol. The predicted octanol–water partition coefficient (Wildman–Crippen LogP) is 3.99. The lowest BCUT2D eigenvalue weighted by molar-refractivity contribution is 0.0989. The second-order valence-electron chi connectivity index (χ2n) is 8.72. The van der Waals surface area contributed by atoms with Crippen LogP contribution in [0.4, 0.5) is 16.4 Å². The van der Waals surface area contributed by atoms with Crippen LogP contribution in [-0.2, 0) is 12.8 Å². The largest absolute Gasteiger partial charge is 0.492 e. The molecule has 1 atom stereocenters. The van der Waals surface area contributed by atoms with Crippen LogP contribution < -0.4 is 15.5 Å². The number of aliphatic hydroxyl groups excluding tert-OH is 1. The van der Waals surface area contributed by atoms with Crippen LogP contribution in [0.5, 0.6) is 5.88 Å². The summed E-state index contributed by atoms with van der Waals surface area (Å²) in [7, 11) is 0. The molecule has 0 saturated carbocycles. The van der Waals surface area contributed by atoms with Gasteiger partial charge in [0, 0.05) is 36.4 Å². The number of hydrogen-bond acceptors (Lipinski definition) is 9. The van der Waals surface area contributed by atoms with Crippen LogP contribution in [0, 0.1) is 5.41 Å². The van der Waals surface area contributed by atoms with Gasteiger partial charge in [-0.2, -0.15) is 4.37 Å². The number of aliphatic hydroxyl groups is 1. The standard InChI is InChI=1S/C26H26N6O4S/c1-15(33)17-4-7-21-18(12-17)9-11-32(21)26(35)16-2-5-19(6-3-16)30-25-22(24(34)31-37-25)23(27)28-10-8-20-13-36-14-29-20/h2-7,12-15,30,33H,8-11H2,1H3,(H2,27,28)(H,31,34). The molecule has 0 radical (unpaired) electrons. The molecule has 4 aromatic rings. The van der Waals surface area contributed by atoms with E-state index >= 15 is 0 Å². The van der Waals surface area contributed by atoms with Gasteiger partial charge in [0.1, 0.15) is 22.7 Å². The van der Waals surface area contributed by atoms with Crippen LogP contribution >= 0.6 is 11.5 Å². The second kappa shape index (κ2) is 10.4. The van der Waals surface area contributed by atoms with E-state index in [4.69, 9.17) is 9.83 Å². The lowest BCUT2D eigenvalue weighted by atomic mass is 10.1. The van der Waals surface area contributed by atoms with Crippen molar-refractivity contribution >= 4 is 39.7 Å². The first-order valence-electron chi connectivity index (χ1n) is 11.8. The summed E-state index contributed by atoms with van der Waals surface area (Å²) in [6.07, 6.45) is 3.67. The molecule has 0 saturated heterocycles. The van der Waals surface area contributed by atoms with E-state index in [9.17, 15) is 15.0 Å². The number of rotatable bonds is 8. The first-order valence-corrected chi connectivity index (χ1v) is 12.6. The van der Waals surface area contributed by atoms with E-state index in [1.807, 2.05) is 18.2 Å². The quantitative estimate of drug-likeness (QED) is 0.174. The van der Waals surface area contributed by atoms with E-state index < -0.39 is 6.10 Å². The predicted molar refractivity (Wildman–Crippen MR) is 141 cm³/mol. The highest BCUT2D eigenvalue weighted by molar-refractivity contribution is 7.11. The molecule has 0 fully saturated rings. The first kappa shape index (κ1) is 24.5. The van der Waals surface area contributed by atoms with Gasteiger partial charge < -0.3 is 30.2 Å². The number of oxazole rings is 1. The van der Waals surface area contributed by atoms with Gasteiger partial charge in [0.2, 0.25) is 5.88 Å². The highest BCUT2D eigenvalue weighted by Gasteiger charge is 2.26. The fourth-order valence-corrected chi connectivity index (χ4v) is 4.95. The topological polar surface area (TPSA) is 148 Å². The summed E-state index contributed by atoms with van der Waals surface area (Å²) in [5.74, 6) is -0.288. The molecule has 3 heterocycles. The molecule has 0 bridgehead atoms. The Hall–Kier alpha value is -4.22. The van der Waals surface area contributed by atoms with Crippen molar-refractivity contribution in [3.05, 3.63) is 83.1 Å². The van der Waals surface area contributed by atoms with Crippen molar-refractivity contribution in [2.24, 2.45) is 0 Å². The third kappa shape index (κ3) is 5.18. The van der Waals surface area contributed by atoms with Crippen LogP contribution in [0.3, 0.4) is 0 Å². The number of nitrogens with zero attached hydrogens (tertiary/aromatic N) is 3. The van der Waals surface area contributed by atoms with Crippen molar-refractivity contribution < 1.29 is 19.4 Å². The number of carbonyl (C=O) groups is 1. The Morgan fingerprint density at radius 1 is 1.27 bits per heavy atom. The molecule has 5 N–H and O–H groups in total. The molecular weight excluding hydrogens is 492 g/mol. The molecule has 10 nitrogen and oxygen atoms in total. The maximum atomic E-state index is 13.2. The SMILES string of the molecule is CC(O)c1ccc2c(c1)CCN2C(=O)c1ccc(Nc2snc(O)c2C(=N)NCCc2cocn2)cc1. The minimum Gasteiger partial charge on any atom is -0.492 e. The van der Waals surface area contributed by atoms with Gasteiger partial charge in [-0.1, -0.05) is 12.1 Å². The molecule has 2 aromatic carbocycles. The maximum Gasteiger partial charge on any atom is 0.258 e. The zero-order valence-electron chi connectivity index (χ0n) is 20.1. The first-order chi connectivity index (χ1) is 17.9. The zero-order chi connectivity index (χ0) is 25.9. The van der Waals surface area contributed by atoms with Crippen molar-refractivity contribution in [3.63, 3.8) is 0 Å². The van der Waals surface area contributed by atoms with Gasteiger partial charge >= 0.3 is 0 Å². The lowest BCUT2D eigenvalue weighted by Crippen LogP contribution is -2.28. The number of amidine groups is 1. The average molecular weight is 519 g/mol. The number of benzene rings is 2. The summed E-state index contributed by atoms with van der Waals surface area (Å²) in [5, 5.41) is 35.1. The fraction of sp³-hybridized carbons (Fsp3) is 0.231. The Balaban J connectivity index is 1.24. The lowest BCUT2D eigenvalue weighted by Gasteiger charge is -2.18. The van der Waals surface area contributed by atoms with E-state index in [0.717, 1.165) is 40.5 Å². The van der Waals surface area contributed by atoms with E-state index in [1.54, 1.807) is 42.4 Å². The maximum absolute atomic E-state index is 13.2. The molecule has 1 aliphatic heterocycles. The normalized spacial score (nSPS) is 13.3. The Morgan fingerprint density at radius 2 is 2.08 bits per heavy atom. The van der Waals surface area contributed by atoms with Crippen LogP contribution in [0.15, 0.2) is 59.5 Å². The van der Waals surface area contributed by atoms with Gasteiger partial charge in [-0.05, 0) is 66.3 Å². The highest BCUT2D eigenvalue weighted by Crippen LogP contribution is 2.34. The Morgan fingerprint density at radius 3 is 2.81 bits per heavy atom. The summed E-state index contributed by atoms with van der Waals surface area (Å²) < 4.78 is 8.92. The van der Waals surface area contributed by atoms with Gasteiger partial charge in [0.25, 0.3) is 5.91 Å². The summed E-state index contributed by atoms with van der Waals surface area (Å²) in [6, 6.07) is 12.8. The highest BCUT2D eigenvalue weighted by atomic mass is 32.1.